The number of aromatic nitrogens is 5. The fourth-order valence-electron chi connectivity index (χ4n) is 7.09. The van der Waals surface area contributed by atoms with Crippen molar-refractivity contribution in [3.63, 3.8) is 0 Å². The predicted molar refractivity (Wildman–Crippen MR) is 217 cm³/mol. The number of para-hydroxylation sites is 3. The van der Waals surface area contributed by atoms with Gasteiger partial charge in [0.25, 0.3) is 0 Å². The molecule has 0 radical (unpaired) electrons. The van der Waals surface area contributed by atoms with E-state index in [4.69, 9.17) is 19.9 Å². The molecule has 0 saturated heterocycles. The summed E-state index contributed by atoms with van der Waals surface area (Å²) in [5, 5.41) is 0. The fourth-order valence-corrected chi connectivity index (χ4v) is 7.09. The van der Waals surface area contributed by atoms with Crippen molar-refractivity contribution >= 4 is 11.0 Å². The lowest BCUT2D eigenvalue weighted by molar-refractivity contribution is 1.07. The Hall–Kier alpha value is -6.98. The Kier molecular flexibility index (Phi) is 8.22. The van der Waals surface area contributed by atoms with Crippen molar-refractivity contribution in [2.45, 2.75) is 13.8 Å². The van der Waals surface area contributed by atoms with Gasteiger partial charge in [0.15, 0.2) is 17.5 Å². The maximum atomic E-state index is 5.09. The molecule has 2 heterocycles. The summed E-state index contributed by atoms with van der Waals surface area (Å²) in [6.45, 7) is 4.36. The molecule has 0 saturated carbocycles. The lowest BCUT2D eigenvalue weighted by atomic mass is 9.88. The predicted octanol–water partition coefficient (Wildman–Crippen LogP) is 11.8. The zero-order valence-corrected chi connectivity index (χ0v) is 29.5. The molecular formula is C48H35N5. The van der Waals surface area contributed by atoms with Crippen LogP contribution in [-0.4, -0.2) is 24.5 Å². The molecule has 5 heteroatoms. The molecule has 0 spiro atoms. The number of rotatable bonds is 7. The van der Waals surface area contributed by atoms with E-state index < -0.39 is 0 Å². The van der Waals surface area contributed by atoms with Gasteiger partial charge in [0.2, 0.25) is 0 Å². The largest absolute Gasteiger partial charge is 0.292 e. The molecular weight excluding hydrogens is 647 g/mol. The second-order valence-electron chi connectivity index (χ2n) is 13.2. The Morgan fingerprint density at radius 2 is 0.925 bits per heavy atom. The summed E-state index contributed by atoms with van der Waals surface area (Å²) in [7, 11) is 0. The van der Waals surface area contributed by atoms with Crippen molar-refractivity contribution in [3.05, 3.63) is 187 Å². The van der Waals surface area contributed by atoms with Crippen LogP contribution >= 0.6 is 0 Å². The number of hydrogen-bond acceptors (Lipinski definition) is 4. The lowest BCUT2D eigenvalue weighted by Crippen LogP contribution is -2.01. The zero-order chi connectivity index (χ0) is 35.7. The molecule has 53 heavy (non-hydrogen) atoms. The van der Waals surface area contributed by atoms with Gasteiger partial charge in [-0.25, -0.2) is 19.9 Å². The Bertz CT molecular complexity index is 2660. The number of nitrogens with zero attached hydrogens (tertiary/aromatic N) is 5. The van der Waals surface area contributed by atoms with E-state index in [9.17, 15) is 0 Å². The average Bonchev–Trinajstić information content (AvgIpc) is 3.62. The van der Waals surface area contributed by atoms with Gasteiger partial charge in [-0.3, -0.25) is 4.57 Å². The molecule has 0 atom stereocenters. The molecule has 0 aliphatic carbocycles. The maximum absolute atomic E-state index is 5.09. The molecule has 0 fully saturated rings. The summed E-state index contributed by atoms with van der Waals surface area (Å²) in [6, 6.07) is 60.8. The van der Waals surface area contributed by atoms with Crippen LogP contribution in [0.3, 0.4) is 0 Å². The summed E-state index contributed by atoms with van der Waals surface area (Å²) in [5.41, 5.74) is 14.0. The standard InChI is InChI=1S/C48H35N5/c1-32-25-26-38(47-51-45(35-16-6-3-7-17-35)50-46(52-47)36-18-8-4-9-19-36)31-41(32)44-33(2)15-14-22-40(44)34-27-29-37(30-28-34)48-49-42-23-12-13-24-43(42)53(48)39-20-10-5-11-21-39/h3-31H,1-2H3. The molecule has 2 aromatic heterocycles. The van der Waals surface area contributed by atoms with Crippen LogP contribution in [0.25, 0.3) is 84.5 Å². The van der Waals surface area contributed by atoms with Crippen molar-refractivity contribution in [2.75, 3.05) is 0 Å². The van der Waals surface area contributed by atoms with E-state index in [0.717, 1.165) is 55.9 Å². The van der Waals surface area contributed by atoms with E-state index in [1.807, 2.05) is 72.8 Å². The van der Waals surface area contributed by atoms with Gasteiger partial charge in [-0.15, -0.1) is 0 Å². The first-order valence-electron chi connectivity index (χ1n) is 17.8. The first-order valence-corrected chi connectivity index (χ1v) is 17.8. The lowest BCUT2D eigenvalue weighted by Gasteiger charge is -2.17. The van der Waals surface area contributed by atoms with Gasteiger partial charge in [0.1, 0.15) is 5.82 Å². The van der Waals surface area contributed by atoms with E-state index in [2.05, 4.69) is 122 Å². The molecule has 0 aliphatic heterocycles. The molecule has 0 aliphatic rings. The first kappa shape index (κ1) is 32.0. The van der Waals surface area contributed by atoms with Crippen LogP contribution in [0, 0.1) is 13.8 Å². The average molecular weight is 682 g/mol. The minimum absolute atomic E-state index is 0.639. The van der Waals surface area contributed by atoms with Crippen molar-refractivity contribution in [1.29, 1.82) is 0 Å². The number of imidazole rings is 1. The first-order chi connectivity index (χ1) is 26.1. The molecule has 9 aromatic rings. The van der Waals surface area contributed by atoms with Crippen molar-refractivity contribution < 1.29 is 0 Å². The van der Waals surface area contributed by atoms with Gasteiger partial charge < -0.3 is 0 Å². The Morgan fingerprint density at radius 3 is 1.58 bits per heavy atom. The van der Waals surface area contributed by atoms with Crippen LogP contribution in [0.1, 0.15) is 11.1 Å². The summed E-state index contributed by atoms with van der Waals surface area (Å²) in [6.07, 6.45) is 0. The van der Waals surface area contributed by atoms with Gasteiger partial charge >= 0.3 is 0 Å². The Labute approximate surface area is 309 Å². The topological polar surface area (TPSA) is 56.5 Å². The fraction of sp³-hybridized carbons (Fsp3) is 0.0417. The molecule has 9 rings (SSSR count). The van der Waals surface area contributed by atoms with Crippen LogP contribution in [0.2, 0.25) is 0 Å². The van der Waals surface area contributed by atoms with E-state index in [-0.39, 0.29) is 0 Å². The van der Waals surface area contributed by atoms with Crippen LogP contribution in [-0.2, 0) is 0 Å². The van der Waals surface area contributed by atoms with Gasteiger partial charge in [-0.1, -0.05) is 146 Å². The minimum Gasteiger partial charge on any atom is -0.292 e. The van der Waals surface area contributed by atoms with E-state index >= 15 is 0 Å². The van der Waals surface area contributed by atoms with E-state index in [1.165, 1.54) is 22.3 Å². The number of aryl methyl sites for hydroxylation is 2. The quantitative estimate of drug-likeness (QED) is 0.168. The smallest absolute Gasteiger partial charge is 0.164 e. The molecule has 0 N–H and O–H groups in total. The Morgan fingerprint density at radius 1 is 0.377 bits per heavy atom. The molecule has 5 nitrogen and oxygen atoms in total. The molecule has 0 amide bonds. The third-order valence-corrected chi connectivity index (χ3v) is 9.77. The normalized spacial score (nSPS) is 11.2. The number of hydrogen-bond donors (Lipinski definition) is 0. The zero-order valence-electron chi connectivity index (χ0n) is 29.5. The number of benzene rings is 7. The van der Waals surface area contributed by atoms with Crippen LogP contribution in [0.15, 0.2) is 176 Å². The van der Waals surface area contributed by atoms with Crippen LogP contribution in [0.5, 0.6) is 0 Å². The summed E-state index contributed by atoms with van der Waals surface area (Å²) >= 11 is 0. The van der Waals surface area contributed by atoms with Gasteiger partial charge in [-0.2, -0.15) is 0 Å². The Balaban J connectivity index is 1.14. The summed E-state index contributed by atoms with van der Waals surface area (Å²) in [4.78, 5) is 20.0. The van der Waals surface area contributed by atoms with Gasteiger partial charge in [0, 0.05) is 27.9 Å². The number of fused-ring (bicyclic) bond motifs is 1. The second kappa shape index (κ2) is 13.6. The summed E-state index contributed by atoms with van der Waals surface area (Å²) < 4.78 is 2.24. The molecule has 0 unspecified atom stereocenters. The van der Waals surface area contributed by atoms with Crippen LogP contribution in [0.4, 0.5) is 0 Å². The molecule has 7 aromatic carbocycles. The third kappa shape index (κ3) is 6.08. The van der Waals surface area contributed by atoms with Crippen LogP contribution < -0.4 is 0 Å². The highest BCUT2D eigenvalue weighted by Crippen LogP contribution is 2.39. The maximum Gasteiger partial charge on any atom is 0.164 e. The SMILES string of the molecule is Cc1ccc(-c2nc(-c3ccccc3)nc(-c3ccccc3)n2)cc1-c1c(C)cccc1-c1ccc(-c2nc3ccccc3n2-c2ccccc2)cc1. The van der Waals surface area contributed by atoms with E-state index in [0.29, 0.717) is 17.5 Å². The minimum atomic E-state index is 0.639. The highest BCUT2D eigenvalue weighted by Gasteiger charge is 2.18. The van der Waals surface area contributed by atoms with Gasteiger partial charge in [-0.05, 0) is 77.6 Å². The summed E-state index contributed by atoms with van der Waals surface area (Å²) in [5.74, 6) is 2.85. The van der Waals surface area contributed by atoms with Gasteiger partial charge in [0.05, 0.1) is 11.0 Å². The van der Waals surface area contributed by atoms with Crippen molar-refractivity contribution in [2.24, 2.45) is 0 Å². The van der Waals surface area contributed by atoms with Crippen molar-refractivity contribution in [1.82, 2.24) is 24.5 Å². The monoisotopic (exact) mass is 681 g/mol. The van der Waals surface area contributed by atoms with Crippen molar-refractivity contribution in [3.8, 4) is 73.5 Å². The highest BCUT2D eigenvalue weighted by atomic mass is 15.1. The molecule has 252 valence electrons. The second-order valence-corrected chi connectivity index (χ2v) is 13.2. The highest BCUT2D eigenvalue weighted by molar-refractivity contribution is 5.89. The van der Waals surface area contributed by atoms with E-state index in [1.54, 1.807) is 0 Å². The third-order valence-electron chi connectivity index (χ3n) is 9.77. The molecule has 0 bridgehead atoms.